The van der Waals surface area contributed by atoms with E-state index in [0.29, 0.717) is 22.6 Å². The molecule has 35 heavy (non-hydrogen) atoms. The summed E-state index contributed by atoms with van der Waals surface area (Å²) in [5.74, 6) is 2.22. The molecule has 6 nitrogen and oxygen atoms in total. The highest BCUT2D eigenvalue weighted by atomic mass is 35.5. The van der Waals surface area contributed by atoms with E-state index in [1.807, 2.05) is 22.7 Å². The molecule has 2 aliphatic heterocycles. The normalized spacial score (nSPS) is 24.8. The largest absolute Gasteiger partial charge is 0.496 e. The number of hydrogen-bond acceptors (Lipinski definition) is 5. The molecule has 0 amide bonds. The molecule has 7 heteroatoms. The summed E-state index contributed by atoms with van der Waals surface area (Å²) in [5.41, 5.74) is 3.72. The number of nitrogens with one attached hydrogen (secondary N) is 1. The first-order chi connectivity index (χ1) is 17.1. The van der Waals surface area contributed by atoms with Gasteiger partial charge in [0.1, 0.15) is 17.1 Å². The van der Waals surface area contributed by atoms with Crippen molar-refractivity contribution in [3.63, 3.8) is 0 Å². The van der Waals surface area contributed by atoms with Gasteiger partial charge in [-0.1, -0.05) is 24.4 Å². The van der Waals surface area contributed by atoms with Gasteiger partial charge in [-0.3, -0.25) is 4.90 Å². The van der Waals surface area contributed by atoms with Crippen molar-refractivity contribution in [2.24, 2.45) is 5.92 Å². The first kappa shape index (κ1) is 23.0. The number of piperidine rings is 1. The fourth-order valence-electron chi connectivity index (χ4n) is 6.68. The summed E-state index contributed by atoms with van der Waals surface area (Å²) in [6.45, 7) is 1.34. The SMILES string of the molecule is COc1cc(OC)c(-c2cn3ccc(N[C@@H]4C[C@H]5CC[C@@H](C4)N5CC4CCCC4)cc3n2)cc1Cl. The van der Waals surface area contributed by atoms with Crippen LogP contribution in [0.25, 0.3) is 16.9 Å². The molecule has 3 aliphatic rings. The Kier molecular flexibility index (Phi) is 6.27. The van der Waals surface area contributed by atoms with Gasteiger partial charge in [-0.05, 0) is 56.6 Å². The second-order valence-electron chi connectivity index (χ2n) is 10.5. The maximum absolute atomic E-state index is 6.40. The average Bonchev–Trinajstić information content (AvgIpc) is 3.58. The zero-order valence-corrected chi connectivity index (χ0v) is 21.4. The van der Waals surface area contributed by atoms with E-state index < -0.39 is 0 Å². The first-order valence-electron chi connectivity index (χ1n) is 13.0. The maximum atomic E-state index is 6.40. The molecule has 0 radical (unpaired) electrons. The molecule has 2 bridgehead atoms. The number of hydrogen-bond donors (Lipinski definition) is 1. The number of aromatic nitrogens is 2. The molecule has 1 saturated carbocycles. The summed E-state index contributed by atoms with van der Waals surface area (Å²) in [5, 5.41) is 4.38. The van der Waals surface area contributed by atoms with Gasteiger partial charge in [-0.25, -0.2) is 4.98 Å². The van der Waals surface area contributed by atoms with Crippen molar-refractivity contribution in [1.82, 2.24) is 14.3 Å². The van der Waals surface area contributed by atoms with Gasteiger partial charge in [-0.15, -0.1) is 0 Å². The van der Waals surface area contributed by atoms with Crippen molar-refractivity contribution in [3.05, 3.63) is 41.7 Å². The lowest BCUT2D eigenvalue weighted by Gasteiger charge is -2.40. The van der Waals surface area contributed by atoms with Crippen LogP contribution in [0.15, 0.2) is 36.7 Å². The number of fused-ring (bicyclic) bond motifs is 3. The Hall–Kier alpha value is -2.44. The highest BCUT2D eigenvalue weighted by Crippen LogP contribution is 2.40. The van der Waals surface area contributed by atoms with Crippen LogP contribution in [0.2, 0.25) is 5.02 Å². The Balaban J connectivity index is 1.18. The molecule has 4 heterocycles. The standard InChI is InChI=1S/C28H35ClN4O2/c1-34-26-15-27(35-2)24(29)14-23(26)25-17-32-10-9-19(13-28(32)31-25)30-20-11-21-7-8-22(12-20)33(21)16-18-5-3-4-6-18/h9-10,13-15,17-18,20-22,30H,3-8,11-12,16H2,1-2H3/t20-,21-,22+. The van der Waals surface area contributed by atoms with E-state index in [9.17, 15) is 0 Å². The predicted molar refractivity (Wildman–Crippen MR) is 141 cm³/mol. The van der Waals surface area contributed by atoms with Crippen LogP contribution in [-0.4, -0.2) is 53.2 Å². The van der Waals surface area contributed by atoms with Gasteiger partial charge >= 0.3 is 0 Å². The summed E-state index contributed by atoms with van der Waals surface area (Å²) in [7, 11) is 3.25. The number of benzene rings is 1. The van der Waals surface area contributed by atoms with Crippen LogP contribution in [0.5, 0.6) is 11.5 Å². The number of anilines is 1. The Morgan fingerprint density at radius 2 is 1.74 bits per heavy atom. The molecule has 1 aromatic carbocycles. The molecular weight excluding hydrogens is 460 g/mol. The number of methoxy groups -OCH3 is 2. The number of pyridine rings is 1. The van der Waals surface area contributed by atoms with Crippen LogP contribution < -0.4 is 14.8 Å². The lowest BCUT2D eigenvalue weighted by Crippen LogP contribution is -2.48. The minimum atomic E-state index is 0.532. The lowest BCUT2D eigenvalue weighted by molar-refractivity contribution is 0.112. The highest BCUT2D eigenvalue weighted by Gasteiger charge is 2.41. The minimum absolute atomic E-state index is 0.532. The molecule has 0 spiro atoms. The molecule has 2 saturated heterocycles. The molecule has 6 rings (SSSR count). The van der Waals surface area contributed by atoms with Crippen LogP contribution in [0, 0.1) is 5.92 Å². The van der Waals surface area contributed by atoms with Gasteiger partial charge in [0.25, 0.3) is 0 Å². The quantitative estimate of drug-likeness (QED) is 0.419. The highest BCUT2D eigenvalue weighted by molar-refractivity contribution is 6.32. The van der Waals surface area contributed by atoms with Crippen LogP contribution >= 0.6 is 11.6 Å². The third-order valence-corrected chi connectivity index (χ3v) is 8.70. The fourth-order valence-corrected chi connectivity index (χ4v) is 6.92. The summed E-state index contributed by atoms with van der Waals surface area (Å²) >= 11 is 6.40. The minimum Gasteiger partial charge on any atom is -0.496 e. The average molecular weight is 495 g/mol. The van der Waals surface area contributed by atoms with Crippen LogP contribution in [-0.2, 0) is 0 Å². The zero-order valence-electron chi connectivity index (χ0n) is 20.7. The molecule has 1 N–H and O–H groups in total. The number of nitrogens with zero attached hydrogens (tertiary/aromatic N) is 3. The molecule has 1 aliphatic carbocycles. The van der Waals surface area contributed by atoms with Gasteiger partial charge in [0.2, 0.25) is 0 Å². The Labute approximate surface area is 212 Å². The van der Waals surface area contributed by atoms with Crippen molar-refractivity contribution in [2.45, 2.75) is 69.5 Å². The zero-order chi connectivity index (χ0) is 23.9. The molecule has 2 aromatic heterocycles. The maximum Gasteiger partial charge on any atom is 0.141 e. The predicted octanol–water partition coefficient (Wildman–Crippen LogP) is 6.27. The number of rotatable bonds is 7. The van der Waals surface area contributed by atoms with E-state index in [-0.39, 0.29) is 0 Å². The van der Waals surface area contributed by atoms with E-state index in [2.05, 4.69) is 28.5 Å². The van der Waals surface area contributed by atoms with E-state index in [4.69, 9.17) is 26.1 Å². The van der Waals surface area contributed by atoms with Gasteiger partial charge in [-0.2, -0.15) is 0 Å². The van der Waals surface area contributed by atoms with Crippen LogP contribution in [0.1, 0.15) is 51.4 Å². The van der Waals surface area contributed by atoms with Crippen molar-refractivity contribution in [3.8, 4) is 22.8 Å². The fraction of sp³-hybridized carbons (Fsp3) is 0.536. The number of imidazole rings is 1. The third kappa shape index (κ3) is 4.47. The first-order valence-corrected chi connectivity index (χ1v) is 13.4. The summed E-state index contributed by atoms with van der Waals surface area (Å²) in [6.07, 6.45) is 15.1. The third-order valence-electron chi connectivity index (χ3n) is 8.41. The van der Waals surface area contributed by atoms with Crippen molar-refractivity contribution < 1.29 is 9.47 Å². The van der Waals surface area contributed by atoms with E-state index in [1.165, 1.54) is 57.9 Å². The van der Waals surface area contributed by atoms with Crippen molar-refractivity contribution in [2.75, 3.05) is 26.1 Å². The topological polar surface area (TPSA) is 51.0 Å². The monoisotopic (exact) mass is 494 g/mol. The van der Waals surface area contributed by atoms with E-state index in [0.717, 1.165) is 40.6 Å². The summed E-state index contributed by atoms with van der Waals surface area (Å²) < 4.78 is 13.0. The Morgan fingerprint density at radius 1 is 1.00 bits per heavy atom. The molecule has 186 valence electrons. The summed E-state index contributed by atoms with van der Waals surface area (Å²) in [4.78, 5) is 7.76. The number of halogens is 1. The summed E-state index contributed by atoms with van der Waals surface area (Å²) in [6, 6.07) is 10.0. The molecule has 0 unspecified atom stereocenters. The molecule has 3 aromatic rings. The second-order valence-corrected chi connectivity index (χ2v) is 10.9. The lowest BCUT2D eigenvalue weighted by atomic mass is 9.95. The molecular formula is C28H35ClN4O2. The number of ether oxygens (including phenoxy) is 2. The van der Waals surface area contributed by atoms with Crippen molar-refractivity contribution in [1.29, 1.82) is 0 Å². The van der Waals surface area contributed by atoms with Gasteiger partial charge < -0.3 is 19.2 Å². The molecule has 3 atom stereocenters. The Morgan fingerprint density at radius 3 is 2.46 bits per heavy atom. The smallest absolute Gasteiger partial charge is 0.141 e. The van der Waals surface area contributed by atoms with E-state index in [1.54, 1.807) is 14.2 Å². The molecule has 3 fully saturated rings. The second kappa shape index (κ2) is 9.55. The van der Waals surface area contributed by atoms with Gasteiger partial charge in [0.15, 0.2) is 0 Å². The van der Waals surface area contributed by atoms with Gasteiger partial charge in [0, 0.05) is 60.4 Å². The van der Waals surface area contributed by atoms with Gasteiger partial charge in [0.05, 0.1) is 24.9 Å². The van der Waals surface area contributed by atoms with Crippen molar-refractivity contribution >= 4 is 22.9 Å². The van der Waals surface area contributed by atoms with Crippen LogP contribution in [0.4, 0.5) is 5.69 Å². The Bertz CT molecular complexity index is 1190. The van der Waals surface area contributed by atoms with Crippen LogP contribution in [0.3, 0.4) is 0 Å². The van der Waals surface area contributed by atoms with E-state index >= 15 is 0 Å².